The minimum Gasteiger partial charge on any atom is -0.480 e. The zero-order valence-corrected chi connectivity index (χ0v) is 10.4. The highest BCUT2D eigenvalue weighted by Crippen LogP contribution is 2.39. The molecule has 0 bridgehead atoms. The Morgan fingerprint density at radius 3 is 2.65 bits per heavy atom. The van der Waals surface area contributed by atoms with Gasteiger partial charge in [-0.25, -0.2) is 4.79 Å². The molecule has 1 amide bonds. The number of nitrogens with zero attached hydrogens (tertiary/aromatic N) is 1. The molecule has 0 aromatic heterocycles. The molecule has 2 saturated heterocycles. The van der Waals surface area contributed by atoms with Gasteiger partial charge in [-0.1, -0.05) is 13.8 Å². The number of hydrogen-bond acceptors (Lipinski definition) is 3. The molecule has 1 spiro atoms. The third kappa shape index (κ3) is 1.92. The van der Waals surface area contributed by atoms with Gasteiger partial charge < -0.3 is 15.3 Å². The topological polar surface area (TPSA) is 69.6 Å². The van der Waals surface area contributed by atoms with E-state index in [1.807, 2.05) is 13.8 Å². The molecule has 2 aliphatic heterocycles. The molecule has 96 valence electrons. The first-order valence-electron chi connectivity index (χ1n) is 6.22. The molecule has 2 fully saturated rings. The zero-order chi connectivity index (χ0) is 12.6. The Hall–Kier alpha value is -1.10. The summed E-state index contributed by atoms with van der Waals surface area (Å²) in [5.74, 6) is -0.916. The number of carbonyl (C=O) groups excluding carboxylic acids is 1. The molecular formula is C12H20N2O3. The summed E-state index contributed by atoms with van der Waals surface area (Å²) >= 11 is 0. The van der Waals surface area contributed by atoms with E-state index >= 15 is 0 Å². The van der Waals surface area contributed by atoms with Crippen LogP contribution >= 0.6 is 0 Å². The largest absolute Gasteiger partial charge is 0.480 e. The molecule has 2 rings (SSSR count). The van der Waals surface area contributed by atoms with Gasteiger partial charge in [0.1, 0.15) is 6.04 Å². The van der Waals surface area contributed by atoms with E-state index in [-0.39, 0.29) is 17.2 Å². The van der Waals surface area contributed by atoms with Gasteiger partial charge >= 0.3 is 5.97 Å². The fourth-order valence-electron chi connectivity index (χ4n) is 3.03. The van der Waals surface area contributed by atoms with E-state index in [1.54, 1.807) is 4.90 Å². The number of aliphatic carboxylic acids is 1. The van der Waals surface area contributed by atoms with Crippen LogP contribution in [-0.4, -0.2) is 47.6 Å². The van der Waals surface area contributed by atoms with Gasteiger partial charge in [-0.15, -0.1) is 0 Å². The van der Waals surface area contributed by atoms with Crippen molar-refractivity contribution in [3.63, 3.8) is 0 Å². The number of hydrogen-bond donors (Lipinski definition) is 2. The SMILES string of the molecule is CC(C)C(C(=O)O)N1CC[C@]2(CCNC2)C1=O. The molecule has 2 atom stereocenters. The van der Waals surface area contributed by atoms with Crippen LogP contribution in [0.25, 0.3) is 0 Å². The summed E-state index contributed by atoms with van der Waals surface area (Å²) in [5.41, 5.74) is -0.317. The van der Waals surface area contributed by atoms with Crippen LogP contribution in [0.4, 0.5) is 0 Å². The van der Waals surface area contributed by atoms with Gasteiger partial charge in [0.15, 0.2) is 0 Å². The van der Waals surface area contributed by atoms with Crippen molar-refractivity contribution in [2.24, 2.45) is 11.3 Å². The molecule has 17 heavy (non-hydrogen) atoms. The van der Waals surface area contributed by atoms with Crippen molar-refractivity contribution in [3.05, 3.63) is 0 Å². The summed E-state index contributed by atoms with van der Waals surface area (Å²) in [4.78, 5) is 25.2. The predicted molar refractivity (Wildman–Crippen MR) is 62.5 cm³/mol. The van der Waals surface area contributed by atoms with Crippen LogP contribution in [0.2, 0.25) is 0 Å². The van der Waals surface area contributed by atoms with Crippen molar-refractivity contribution < 1.29 is 14.7 Å². The highest BCUT2D eigenvalue weighted by atomic mass is 16.4. The molecule has 0 saturated carbocycles. The lowest BCUT2D eigenvalue weighted by atomic mass is 9.85. The van der Waals surface area contributed by atoms with Crippen molar-refractivity contribution in [2.45, 2.75) is 32.7 Å². The van der Waals surface area contributed by atoms with Crippen LogP contribution in [0.15, 0.2) is 0 Å². The lowest BCUT2D eigenvalue weighted by molar-refractivity contribution is -0.152. The maximum atomic E-state index is 12.4. The van der Waals surface area contributed by atoms with Gasteiger partial charge in [0, 0.05) is 13.1 Å². The number of carboxylic acid groups (broad SMARTS) is 1. The second-order valence-electron chi connectivity index (χ2n) is 5.48. The number of carbonyl (C=O) groups is 2. The van der Waals surface area contributed by atoms with Crippen molar-refractivity contribution in [1.82, 2.24) is 10.2 Å². The van der Waals surface area contributed by atoms with E-state index in [1.165, 1.54) is 0 Å². The first-order valence-corrected chi connectivity index (χ1v) is 6.22. The van der Waals surface area contributed by atoms with Gasteiger partial charge in [0.05, 0.1) is 5.41 Å². The second-order valence-corrected chi connectivity index (χ2v) is 5.48. The molecule has 0 aromatic carbocycles. The summed E-state index contributed by atoms with van der Waals surface area (Å²) < 4.78 is 0. The van der Waals surface area contributed by atoms with Gasteiger partial charge in [0.2, 0.25) is 5.91 Å². The highest BCUT2D eigenvalue weighted by Gasteiger charge is 2.51. The van der Waals surface area contributed by atoms with Crippen molar-refractivity contribution >= 4 is 11.9 Å². The van der Waals surface area contributed by atoms with E-state index in [4.69, 9.17) is 0 Å². The van der Waals surface area contributed by atoms with Crippen LogP contribution in [0.5, 0.6) is 0 Å². The van der Waals surface area contributed by atoms with Crippen LogP contribution in [0.1, 0.15) is 26.7 Å². The van der Waals surface area contributed by atoms with Crippen LogP contribution in [-0.2, 0) is 9.59 Å². The maximum absolute atomic E-state index is 12.4. The Morgan fingerprint density at radius 2 is 2.18 bits per heavy atom. The van der Waals surface area contributed by atoms with Crippen LogP contribution < -0.4 is 5.32 Å². The van der Waals surface area contributed by atoms with E-state index in [9.17, 15) is 14.7 Å². The number of rotatable bonds is 3. The summed E-state index contributed by atoms with van der Waals surface area (Å²) in [7, 11) is 0. The number of likely N-dealkylation sites (tertiary alicyclic amines) is 1. The fourth-order valence-corrected chi connectivity index (χ4v) is 3.03. The van der Waals surface area contributed by atoms with Crippen molar-refractivity contribution in [2.75, 3.05) is 19.6 Å². The Morgan fingerprint density at radius 1 is 1.47 bits per heavy atom. The minimum atomic E-state index is -0.892. The van der Waals surface area contributed by atoms with Gasteiger partial charge in [-0.3, -0.25) is 4.79 Å². The number of amides is 1. The van der Waals surface area contributed by atoms with E-state index in [0.29, 0.717) is 13.1 Å². The first-order chi connectivity index (χ1) is 7.98. The predicted octanol–water partition coefficient (Wildman–Crippen LogP) is 0.308. The third-order valence-corrected chi connectivity index (χ3v) is 4.01. The van der Waals surface area contributed by atoms with E-state index < -0.39 is 12.0 Å². The normalized spacial score (nSPS) is 30.5. The minimum absolute atomic E-state index is 0.0311. The summed E-state index contributed by atoms with van der Waals surface area (Å²) in [6.07, 6.45) is 1.63. The molecular weight excluding hydrogens is 220 g/mol. The van der Waals surface area contributed by atoms with Crippen molar-refractivity contribution in [1.29, 1.82) is 0 Å². The molecule has 2 heterocycles. The summed E-state index contributed by atoms with van der Waals surface area (Å²) in [6.45, 7) is 5.84. The smallest absolute Gasteiger partial charge is 0.326 e. The molecule has 0 aromatic rings. The van der Waals surface area contributed by atoms with E-state index in [0.717, 1.165) is 19.4 Å². The van der Waals surface area contributed by atoms with Crippen molar-refractivity contribution in [3.8, 4) is 0 Å². The molecule has 1 unspecified atom stereocenters. The molecule has 5 heteroatoms. The lowest BCUT2D eigenvalue weighted by Crippen LogP contribution is -2.48. The highest BCUT2D eigenvalue weighted by molar-refractivity contribution is 5.89. The third-order valence-electron chi connectivity index (χ3n) is 4.01. The summed E-state index contributed by atoms with van der Waals surface area (Å²) in [5, 5.41) is 12.5. The van der Waals surface area contributed by atoms with E-state index in [2.05, 4.69) is 5.32 Å². The number of nitrogens with one attached hydrogen (secondary N) is 1. The molecule has 2 aliphatic rings. The first kappa shape index (κ1) is 12.4. The lowest BCUT2D eigenvalue weighted by Gasteiger charge is -2.29. The summed E-state index contributed by atoms with van der Waals surface area (Å²) in [6, 6.07) is -0.678. The zero-order valence-electron chi connectivity index (χ0n) is 10.4. The van der Waals surface area contributed by atoms with Gasteiger partial charge in [-0.05, 0) is 25.3 Å². The Kier molecular flexibility index (Phi) is 3.12. The monoisotopic (exact) mass is 240 g/mol. The molecule has 0 aliphatic carbocycles. The molecule has 5 nitrogen and oxygen atoms in total. The average molecular weight is 240 g/mol. The number of carboxylic acids is 1. The standard InChI is InChI=1S/C12H20N2O3/c1-8(2)9(10(15)16)14-6-4-12(11(14)17)3-5-13-7-12/h8-9,13H,3-7H2,1-2H3,(H,15,16)/t9?,12-/m0/s1. The second kappa shape index (κ2) is 4.29. The Bertz CT molecular complexity index is 335. The van der Waals surface area contributed by atoms with Crippen LogP contribution in [0, 0.1) is 11.3 Å². The Labute approximate surface area is 101 Å². The maximum Gasteiger partial charge on any atom is 0.326 e. The quantitative estimate of drug-likeness (QED) is 0.745. The fraction of sp³-hybridized carbons (Fsp3) is 0.833. The molecule has 0 radical (unpaired) electrons. The van der Waals surface area contributed by atoms with Crippen LogP contribution in [0.3, 0.4) is 0 Å². The Balaban J connectivity index is 2.18. The van der Waals surface area contributed by atoms with Gasteiger partial charge in [-0.2, -0.15) is 0 Å². The average Bonchev–Trinajstić information content (AvgIpc) is 2.81. The molecule has 2 N–H and O–H groups in total. The van der Waals surface area contributed by atoms with Gasteiger partial charge in [0.25, 0.3) is 0 Å².